The lowest BCUT2D eigenvalue weighted by Gasteiger charge is -2.21. The molecule has 1 aliphatic rings. The van der Waals surface area contributed by atoms with Gasteiger partial charge in [0.1, 0.15) is 13.2 Å². The van der Waals surface area contributed by atoms with Gasteiger partial charge < -0.3 is 24.0 Å². The lowest BCUT2D eigenvalue weighted by Crippen LogP contribution is -2.28. The number of methoxy groups -OCH3 is 1. The predicted octanol–water partition coefficient (Wildman–Crippen LogP) is 3.59. The van der Waals surface area contributed by atoms with Crippen molar-refractivity contribution in [2.45, 2.75) is 20.0 Å². The molecule has 6 heteroatoms. The predicted molar refractivity (Wildman–Crippen MR) is 118 cm³/mol. The molecule has 3 rings (SSSR count). The molecular weight excluding hydrogens is 380 g/mol. The molecule has 0 spiro atoms. The van der Waals surface area contributed by atoms with Gasteiger partial charge in [-0.15, -0.1) is 0 Å². The van der Waals surface area contributed by atoms with E-state index in [2.05, 4.69) is 43.3 Å². The van der Waals surface area contributed by atoms with Crippen LogP contribution < -0.4 is 14.2 Å². The van der Waals surface area contributed by atoms with Crippen LogP contribution in [0.25, 0.3) is 6.08 Å². The fraction of sp³-hybridized carbons (Fsp3) is 0.375. The summed E-state index contributed by atoms with van der Waals surface area (Å²) in [5.41, 5.74) is 3.20. The molecule has 1 aliphatic heterocycles. The monoisotopic (exact) mass is 410 g/mol. The molecule has 6 nitrogen and oxygen atoms in total. The van der Waals surface area contributed by atoms with Gasteiger partial charge in [-0.2, -0.15) is 0 Å². The highest BCUT2D eigenvalue weighted by Gasteiger charge is 2.18. The summed E-state index contributed by atoms with van der Waals surface area (Å²) >= 11 is 0. The minimum absolute atomic E-state index is 0.0382. The van der Waals surface area contributed by atoms with Crippen molar-refractivity contribution in [3.05, 3.63) is 59.2 Å². The normalized spacial score (nSPS) is 13.0. The number of fused-ring (bicyclic) bond motifs is 1. The number of hydrogen-bond donors (Lipinski definition) is 0. The van der Waals surface area contributed by atoms with Crippen molar-refractivity contribution in [1.29, 1.82) is 0 Å². The van der Waals surface area contributed by atoms with Gasteiger partial charge in [-0.25, -0.2) is 0 Å². The second-order valence-electron chi connectivity index (χ2n) is 7.49. The molecule has 30 heavy (non-hydrogen) atoms. The number of carbonyl (C=O) groups excluding carboxylic acids is 1. The lowest BCUT2D eigenvalue weighted by atomic mass is 10.1. The number of rotatable bonds is 8. The van der Waals surface area contributed by atoms with E-state index in [1.807, 2.05) is 24.0 Å². The first-order valence-electron chi connectivity index (χ1n) is 10.2. The Kier molecular flexibility index (Phi) is 7.36. The van der Waals surface area contributed by atoms with E-state index >= 15 is 0 Å². The molecule has 1 heterocycles. The summed E-state index contributed by atoms with van der Waals surface area (Å²) in [5.74, 6) is 1.81. The van der Waals surface area contributed by atoms with E-state index in [-0.39, 0.29) is 5.91 Å². The average Bonchev–Trinajstić information content (AvgIpc) is 2.75. The van der Waals surface area contributed by atoms with Crippen molar-refractivity contribution in [1.82, 2.24) is 9.80 Å². The molecule has 160 valence electrons. The van der Waals surface area contributed by atoms with E-state index in [9.17, 15) is 4.79 Å². The van der Waals surface area contributed by atoms with E-state index in [0.717, 1.165) is 17.7 Å². The van der Waals surface area contributed by atoms with E-state index < -0.39 is 0 Å². The fourth-order valence-corrected chi connectivity index (χ4v) is 3.34. The highest BCUT2D eigenvalue weighted by atomic mass is 16.6. The third-order valence-corrected chi connectivity index (χ3v) is 4.86. The fourth-order valence-electron chi connectivity index (χ4n) is 3.34. The molecular formula is C24H30N2O4. The Morgan fingerprint density at radius 3 is 2.37 bits per heavy atom. The van der Waals surface area contributed by atoms with Crippen molar-refractivity contribution in [3.8, 4) is 17.2 Å². The summed E-state index contributed by atoms with van der Waals surface area (Å²) < 4.78 is 16.7. The van der Waals surface area contributed by atoms with Gasteiger partial charge in [-0.1, -0.05) is 24.3 Å². The van der Waals surface area contributed by atoms with Crippen LogP contribution in [0.3, 0.4) is 0 Å². The van der Waals surface area contributed by atoms with Crippen LogP contribution in [0.15, 0.2) is 42.5 Å². The van der Waals surface area contributed by atoms with E-state index in [0.29, 0.717) is 43.6 Å². The Hall–Kier alpha value is -2.99. The van der Waals surface area contributed by atoms with Gasteiger partial charge in [0.15, 0.2) is 11.5 Å². The molecule has 0 fully saturated rings. The van der Waals surface area contributed by atoms with Crippen molar-refractivity contribution >= 4 is 12.0 Å². The maximum Gasteiger partial charge on any atom is 0.246 e. The summed E-state index contributed by atoms with van der Waals surface area (Å²) in [6.07, 6.45) is 3.38. The summed E-state index contributed by atoms with van der Waals surface area (Å²) in [6.45, 7) is 5.09. The first-order valence-corrected chi connectivity index (χ1v) is 10.2. The number of nitrogens with zero attached hydrogens (tertiary/aromatic N) is 2. The van der Waals surface area contributed by atoms with E-state index in [1.54, 1.807) is 19.3 Å². The Morgan fingerprint density at radius 1 is 1.07 bits per heavy atom. The molecule has 0 aromatic heterocycles. The molecule has 0 unspecified atom stereocenters. The van der Waals surface area contributed by atoms with Gasteiger partial charge in [0, 0.05) is 25.7 Å². The van der Waals surface area contributed by atoms with Crippen LogP contribution in [0.2, 0.25) is 0 Å². The summed E-state index contributed by atoms with van der Waals surface area (Å²) in [4.78, 5) is 16.7. The van der Waals surface area contributed by atoms with Gasteiger partial charge in [0.2, 0.25) is 11.7 Å². The molecule has 0 atom stereocenters. The minimum atomic E-state index is -0.0382. The smallest absolute Gasteiger partial charge is 0.246 e. The van der Waals surface area contributed by atoms with E-state index in [4.69, 9.17) is 14.2 Å². The van der Waals surface area contributed by atoms with Gasteiger partial charge in [-0.05, 0) is 55.9 Å². The Morgan fingerprint density at radius 2 is 1.73 bits per heavy atom. The highest BCUT2D eigenvalue weighted by molar-refractivity contribution is 5.92. The first-order chi connectivity index (χ1) is 14.5. The quantitative estimate of drug-likeness (QED) is 0.623. The zero-order valence-corrected chi connectivity index (χ0v) is 18.2. The Labute approximate surface area is 178 Å². The molecule has 2 aromatic rings. The summed E-state index contributed by atoms with van der Waals surface area (Å²) in [6, 6.07) is 12.1. The SMILES string of the molecule is CCN(Cc1ccc(CN(C)C)cc1)C(=O)C=Cc1cc(OC)c2c(c1)OCCO2. The largest absolute Gasteiger partial charge is 0.493 e. The van der Waals surface area contributed by atoms with Crippen LogP contribution in [0.1, 0.15) is 23.6 Å². The third kappa shape index (κ3) is 5.54. The van der Waals surface area contributed by atoms with Gasteiger partial charge in [0.05, 0.1) is 7.11 Å². The zero-order valence-electron chi connectivity index (χ0n) is 18.2. The second kappa shape index (κ2) is 10.2. The second-order valence-corrected chi connectivity index (χ2v) is 7.49. The Balaban J connectivity index is 1.68. The maximum atomic E-state index is 12.8. The topological polar surface area (TPSA) is 51.2 Å². The number of amides is 1. The standard InChI is InChI=1S/C24H30N2O4/c1-5-26(17-19-8-6-18(7-9-19)16-25(2)3)23(27)11-10-20-14-21(28-4)24-22(15-20)29-12-13-30-24/h6-11,14-15H,5,12-13,16-17H2,1-4H3. The Bertz CT molecular complexity index is 874. The van der Waals surface area contributed by atoms with Crippen molar-refractivity contribution in [3.63, 3.8) is 0 Å². The van der Waals surface area contributed by atoms with Crippen molar-refractivity contribution in [2.24, 2.45) is 0 Å². The number of carbonyl (C=O) groups is 1. The average molecular weight is 411 g/mol. The number of likely N-dealkylation sites (N-methyl/N-ethyl adjacent to an activating group) is 1. The molecule has 0 bridgehead atoms. The zero-order chi connectivity index (χ0) is 21.5. The summed E-state index contributed by atoms with van der Waals surface area (Å²) in [7, 11) is 5.69. The molecule has 2 aromatic carbocycles. The van der Waals surface area contributed by atoms with Crippen molar-refractivity contribution in [2.75, 3.05) is 41.0 Å². The lowest BCUT2D eigenvalue weighted by molar-refractivity contribution is -0.126. The van der Waals surface area contributed by atoms with Crippen molar-refractivity contribution < 1.29 is 19.0 Å². The molecule has 0 saturated carbocycles. The first kappa shape index (κ1) is 21.7. The van der Waals surface area contributed by atoms with Crippen LogP contribution in [0.5, 0.6) is 17.2 Å². The molecule has 0 N–H and O–H groups in total. The van der Waals surface area contributed by atoms with Crippen LogP contribution in [-0.2, 0) is 17.9 Å². The van der Waals surface area contributed by atoms with Crippen LogP contribution in [0, 0.1) is 0 Å². The molecule has 0 saturated heterocycles. The number of hydrogen-bond acceptors (Lipinski definition) is 5. The molecule has 1 amide bonds. The molecule has 0 radical (unpaired) electrons. The van der Waals surface area contributed by atoms with Gasteiger partial charge in [-0.3, -0.25) is 4.79 Å². The van der Waals surface area contributed by atoms with Crippen LogP contribution >= 0.6 is 0 Å². The maximum absolute atomic E-state index is 12.8. The highest BCUT2D eigenvalue weighted by Crippen LogP contribution is 2.40. The third-order valence-electron chi connectivity index (χ3n) is 4.86. The van der Waals surface area contributed by atoms with Crippen LogP contribution in [0.4, 0.5) is 0 Å². The van der Waals surface area contributed by atoms with Gasteiger partial charge >= 0.3 is 0 Å². The van der Waals surface area contributed by atoms with Gasteiger partial charge in [0.25, 0.3) is 0 Å². The minimum Gasteiger partial charge on any atom is -0.493 e. The number of benzene rings is 2. The molecule has 0 aliphatic carbocycles. The van der Waals surface area contributed by atoms with Crippen LogP contribution in [-0.4, -0.2) is 56.7 Å². The number of ether oxygens (including phenoxy) is 3. The van der Waals surface area contributed by atoms with E-state index in [1.165, 1.54) is 5.56 Å². The summed E-state index contributed by atoms with van der Waals surface area (Å²) in [5, 5.41) is 0.